The molecule has 3 N–H and O–H groups in total. The van der Waals surface area contributed by atoms with Gasteiger partial charge in [0.2, 0.25) is 5.91 Å². The van der Waals surface area contributed by atoms with Crippen molar-refractivity contribution in [3.63, 3.8) is 0 Å². The molecule has 0 atom stereocenters. The fraction of sp³-hybridized carbons (Fsp3) is 0.0323. The molecule has 0 fully saturated rings. The highest BCUT2D eigenvalue weighted by atomic mass is 32.1. The quantitative estimate of drug-likeness (QED) is 0.216. The molecule has 7 nitrogen and oxygen atoms in total. The van der Waals surface area contributed by atoms with Crippen molar-refractivity contribution < 1.29 is 4.79 Å². The van der Waals surface area contributed by atoms with Crippen LogP contribution in [0, 0.1) is 0 Å². The minimum Gasteiger partial charge on any atom is -0.353 e. The van der Waals surface area contributed by atoms with Crippen molar-refractivity contribution in [2.45, 2.75) is 6.42 Å². The second-order valence-corrected chi connectivity index (χ2v) is 10.1. The minimum absolute atomic E-state index is 0.0807. The van der Waals surface area contributed by atoms with E-state index >= 15 is 0 Å². The first-order valence-corrected chi connectivity index (χ1v) is 13.4. The lowest BCUT2D eigenvalue weighted by molar-refractivity contribution is -0.115. The highest BCUT2D eigenvalue weighted by Gasteiger charge is 2.15. The minimum atomic E-state index is -0.0807. The molecule has 0 saturated carbocycles. The zero-order valence-electron chi connectivity index (χ0n) is 20.7. The summed E-state index contributed by atoms with van der Waals surface area (Å²) >= 11 is 1.66. The van der Waals surface area contributed by atoms with Crippen LogP contribution in [0.4, 0.5) is 5.69 Å². The van der Waals surface area contributed by atoms with Crippen LogP contribution >= 0.6 is 11.3 Å². The number of nitrogens with zero attached hydrogens (tertiary/aromatic N) is 3. The van der Waals surface area contributed by atoms with Gasteiger partial charge in [0, 0.05) is 45.2 Å². The third-order valence-electron chi connectivity index (χ3n) is 6.72. The van der Waals surface area contributed by atoms with Gasteiger partial charge in [-0.2, -0.15) is 16.4 Å². The van der Waals surface area contributed by atoms with Gasteiger partial charge in [-0.3, -0.25) is 19.9 Å². The number of anilines is 1. The molecule has 5 aromatic heterocycles. The van der Waals surface area contributed by atoms with Crippen LogP contribution in [-0.4, -0.2) is 31.1 Å². The molecule has 7 rings (SSSR count). The predicted molar refractivity (Wildman–Crippen MR) is 157 cm³/mol. The summed E-state index contributed by atoms with van der Waals surface area (Å²) < 4.78 is 0. The Bertz CT molecular complexity index is 1940. The first kappa shape index (κ1) is 23.1. The molecule has 0 unspecified atom stereocenters. The fourth-order valence-corrected chi connectivity index (χ4v) is 5.50. The number of nitrogens with one attached hydrogen (secondary N) is 3. The van der Waals surface area contributed by atoms with Gasteiger partial charge < -0.3 is 10.3 Å². The molecule has 7 aromatic rings. The van der Waals surface area contributed by atoms with E-state index < -0.39 is 0 Å². The van der Waals surface area contributed by atoms with E-state index in [2.05, 4.69) is 59.4 Å². The summed E-state index contributed by atoms with van der Waals surface area (Å²) in [6, 6.07) is 24.0. The number of benzene rings is 2. The van der Waals surface area contributed by atoms with Gasteiger partial charge in [-0.1, -0.05) is 36.4 Å². The molecule has 0 aliphatic carbocycles. The Labute approximate surface area is 227 Å². The molecule has 0 aliphatic heterocycles. The number of H-pyrrole nitrogens is 2. The van der Waals surface area contributed by atoms with Crippen LogP contribution in [0.5, 0.6) is 0 Å². The normalized spacial score (nSPS) is 11.3. The number of aromatic nitrogens is 5. The highest BCUT2D eigenvalue weighted by molar-refractivity contribution is 7.08. The maximum atomic E-state index is 12.6. The van der Waals surface area contributed by atoms with E-state index in [0.29, 0.717) is 12.1 Å². The largest absolute Gasteiger partial charge is 0.353 e. The third-order valence-corrected chi connectivity index (χ3v) is 7.41. The van der Waals surface area contributed by atoms with Gasteiger partial charge in [0.05, 0.1) is 35.2 Å². The number of carbonyl (C=O) groups excluding carboxylic acids is 1. The fourth-order valence-electron chi connectivity index (χ4n) is 4.86. The molecular formula is C31H22N6OS. The Morgan fingerprint density at radius 1 is 0.846 bits per heavy atom. The Hall–Kier alpha value is -5.08. The van der Waals surface area contributed by atoms with Crippen molar-refractivity contribution in [3.8, 4) is 33.8 Å². The van der Waals surface area contributed by atoms with Crippen LogP contribution in [0.15, 0.2) is 102 Å². The smallest absolute Gasteiger partial charge is 0.228 e. The average molecular weight is 527 g/mol. The van der Waals surface area contributed by atoms with Crippen molar-refractivity contribution in [3.05, 3.63) is 108 Å². The molecule has 0 saturated heterocycles. The Balaban J connectivity index is 1.21. The standard InChI is InChI=1S/C31H22N6OS/c38-29(12-19-4-2-1-3-5-19)34-23-13-22(16-32-17-23)20-6-7-27-24(14-20)31(37-36-27)28-15-25-26(35-28)8-10-33-30(25)21-9-11-39-18-21/h1-11,13-18,35H,12H2,(H,34,38)(H,36,37). The Kier molecular flexibility index (Phi) is 5.71. The number of rotatable bonds is 6. The van der Waals surface area contributed by atoms with Crippen molar-refractivity contribution in [1.29, 1.82) is 0 Å². The summed E-state index contributed by atoms with van der Waals surface area (Å²) in [5.41, 5.74) is 9.26. The predicted octanol–water partition coefficient (Wildman–Crippen LogP) is 7.08. The number of thiophene rings is 1. The van der Waals surface area contributed by atoms with Crippen LogP contribution in [0.3, 0.4) is 0 Å². The van der Waals surface area contributed by atoms with Gasteiger partial charge in [-0.25, -0.2) is 0 Å². The van der Waals surface area contributed by atoms with Gasteiger partial charge in [0.25, 0.3) is 0 Å². The molecule has 8 heteroatoms. The lowest BCUT2D eigenvalue weighted by atomic mass is 10.0. The van der Waals surface area contributed by atoms with Crippen molar-refractivity contribution >= 4 is 44.7 Å². The molecule has 39 heavy (non-hydrogen) atoms. The maximum absolute atomic E-state index is 12.6. The van der Waals surface area contributed by atoms with E-state index in [9.17, 15) is 4.79 Å². The number of aromatic amines is 2. The summed E-state index contributed by atoms with van der Waals surface area (Å²) in [5, 5.41) is 17.0. The van der Waals surface area contributed by atoms with Crippen molar-refractivity contribution in [1.82, 2.24) is 25.1 Å². The zero-order chi connectivity index (χ0) is 26.2. The lowest BCUT2D eigenvalue weighted by Crippen LogP contribution is -2.14. The number of hydrogen-bond donors (Lipinski definition) is 3. The number of fused-ring (bicyclic) bond motifs is 2. The molecule has 1 amide bonds. The SMILES string of the molecule is O=C(Cc1ccccc1)Nc1cncc(-c2ccc3[nH]nc(-c4cc5c(-c6ccsc6)nccc5[nH]4)c3c2)c1. The van der Waals surface area contributed by atoms with E-state index in [1.807, 2.05) is 60.8 Å². The van der Waals surface area contributed by atoms with E-state index in [1.54, 1.807) is 23.7 Å². The second kappa shape index (κ2) is 9.66. The first-order valence-electron chi connectivity index (χ1n) is 12.5. The van der Waals surface area contributed by atoms with Gasteiger partial charge in [0.1, 0.15) is 5.69 Å². The van der Waals surface area contributed by atoms with Crippen LogP contribution in [0.2, 0.25) is 0 Å². The molecular weight excluding hydrogens is 504 g/mol. The summed E-state index contributed by atoms with van der Waals surface area (Å²) in [4.78, 5) is 25.1. The molecule has 5 heterocycles. The van der Waals surface area contributed by atoms with Gasteiger partial charge in [0.15, 0.2) is 0 Å². The van der Waals surface area contributed by atoms with Crippen LogP contribution < -0.4 is 5.32 Å². The van der Waals surface area contributed by atoms with Crippen LogP contribution in [0.1, 0.15) is 5.56 Å². The van der Waals surface area contributed by atoms with E-state index in [-0.39, 0.29) is 5.91 Å². The highest BCUT2D eigenvalue weighted by Crippen LogP contribution is 2.35. The first-order chi connectivity index (χ1) is 19.2. The summed E-state index contributed by atoms with van der Waals surface area (Å²) in [6.45, 7) is 0. The molecule has 0 aliphatic rings. The van der Waals surface area contributed by atoms with Crippen LogP contribution in [0.25, 0.3) is 55.6 Å². The summed E-state index contributed by atoms with van der Waals surface area (Å²) in [5.74, 6) is -0.0807. The lowest BCUT2D eigenvalue weighted by Gasteiger charge is -2.08. The average Bonchev–Trinajstić information content (AvgIpc) is 3.73. The van der Waals surface area contributed by atoms with Crippen molar-refractivity contribution in [2.75, 3.05) is 5.32 Å². The molecule has 0 spiro atoms. The van der Waals surface area contributed by atoms with Crippen LogP contribution in [-0.2, 0) is 11.2 Å². The summed E-state index contributed by atoms with van der Waals surface area (Å²) in [7, 11) is 0. The van der Waals surface area contributed by atoms with E-state index in [1.165, 1.54) is 0 Å². The summed E-state index contributed by atoms with van der Waals surface area (Å²) in [6.07, 6.45) is 5.60. The van der Waals surface area contributed by atoms with Gasteiger partial charge in [-0.15, -0.1) is 0 Å². The molecule has 0 bridgehead atoms. The van der Waals surface area contributed by atoms with Crippen molar-refractivity contribution in [2.24, 2.45) is 0 Å². The second-order valence-electron chi connectivity index (χ2n) is 9.32. The maximum Gasteiger partial charge on any atom is 0.228 e. The van der Waals surface area contributed by atoms with Gasteiger partial charge in [-0.05, 0) is 52.9 Å². The Morgan fingerprint density at radius 2 is 1.74 bits per heavy atom. The number of hydrogen-bond acceptors (Lipinski definition) is 5. The molecule has 0 radical (unpaired) electrons. The molecule has 188 valence electrons. The van der Waals surface area contributed by atoms with Gasteiger partial charge >= 0.3 is 0 Å². The van der Waals surface area contributed by atoms with E-state index in [4.69, 9.17) is 0 Å². The number of amides is 1. The monoisotopic (exact) mass is 526 g/mol. The molecule has 2 aromatic carbocycles. The Morgan fingerprint density at radius 3 is 2.62 bits per heavy atom. The number of pyridine rings is 2. The van der Waals surface area contributed by atoms with E-state index in [0.717, 1.165) is 61.1 Å². The topological polar surface area (TPSA) is 99.3 Å². The zero-order valence-corrected chi connectivity index (χ0v) is 21.5. The number of carbonyl (C=O) groups is 1. The third kappa shape index (κ3) is 4.47.